The number of ether oxygens (including phenoxy) is 1. The van der Waals surface area contributed by atoms with Crippen molar-refractivity contribution in [2.24, 2.45) is 0 Å². The lowest BCUT2D eigenvalue weighted by Gasteiger charge is -2.26. The van der Waals surface area contributed by atoms with Gasteiger partial charge in [-0.3, -0.25) is 9.88 Å². The third-order valence-corrected chi connectivity index (χ3v) is 3.65. The maximum Gasteiger partial charge on any atom is 0.178 e. The molecule has 0 radical (unpaired) electrons. The van der Waals surface area contributed by atoms with E-state index in [0.29, 0.717) is 18.2 Å². The minimum absolute atomic E-state index is 0.624. The molecule has 1 aliphatic heterocycles. The highest BCUT2D eigenvalue weighted by atomic mass is 16.5. The average molecular weight is 284 g/mol. The van der Waals surface area contributed by atoms with Gasteiger partial charge in [0.15, 0.2) is 11.6 Å². The predicted molar refractivity (Wildman–Crippen MR) is 81.0 cm³/mol. The van der Waals surface area contributed by atoms with E-state index >= 15 is 0 Å². The lowest BCUT2D eigenvalue weighted by atomic mass is 10.1. The zero-order chi connectivity index (χ0) is 14.3. The highest BCUT2D eigenvalue weighted by Crippen LogP contribution is 2.14. The maximum absolute atomic E-state index is 5.71. The highest BCUT2D eigenvalue weighted by molar-refractivity contribution is 5.48. The topological polar surface area (TPSA) is 51.1 Å². The van der Waals surface area contributed by atoms with Crippen LogP contribution in [0.2, 0.25) is 0 Å². The van der Waals surface area contributed by atoms with Crippen molar-refractivity contribution >= 4 is 0 Å². The zero-order valence-electron chi connectivity index (χ0n) is 12.1. The molecule has 0 amide bonds. The maximum atomic E-state index is 5.71. The van der Waals surface area contributed by atoms with Crippen LogP contribution in [0.4, 0.5) is 0 Å². The first-order valence-corrected chi connectivity index (χ1v) is 7.50. The summed E-state index contributed by atoms with van der Waals surface area (Å²) >= 11 is 0. The molecule has 1 saturated heterocycles. The van der Waals surface area contributed by atoms with Crippen LogP contribution in [0.5, 0.6) is 5.75 Å². The van der Waals surface area contributed by atoms with Crippen molar-refractivity contribution < 1.29 is 4.74 Å². The van der Waals surface area contributed by atoms with Gasteiger partial charge in [0, 0.05) is 12.7 Å². The van der Waals surface area contributed by atoms with Gasteiger partial charge in [-0.2, -0.15) is 0 Å². The first-order valence-electron chi connectivity index (χ1n) is 7.50. The normalized spacial score (nSPS) is 15.8. The molecule has 0 spiro atoms. The van der Waals surface area contributed by atoms with Gasteiger partial charge in [0.2, 0.25) is 0 Å². The van der Waals surface area contributed by atoms with Gasteiger partial charge >= 0.3 is 0 Å². The molecular weight excluding hydrogens is 264 g/mol. The monoisotopic (exact) mass is 284 g/mol. The van der Waals surface area contributed by atoms with Crippen molar-refractivity contribution in [3.63, 3.8) is 0 Å². The summed E-state index contributed by atoms with van der Waals surface area (Å²) in [6.07, 6.45) is 9.14. The van der Waals surface area contributed by atoms with E-state index in [9.17, 15) is 0 Å². The van der Waals surface area contributed by atoms with Gasteiger partial charge in [0.25, 0.3) is 0 Å². The molecule has 1 aliphatic rings. The van der Waals surface area contributed by atoms with Crippen LogP contribution in [-0.2, 0) is 0 Å². The van der Waals surface area contributed by atoms with Crippen LogP contribution in [0, 0.1) is 0 Å². The quantitative estimate of drug-likeness (QED) is 0.844. The van der Waals surface area contributed by atoms with Crippen LogP contribution in [0.25, 0.3) is 11.5 Å². The van der Waals surface area contributed by atoms with Crippen molar-refractivity contribution in [1.82, 2.24) is 19.9 Å². The van der Waals surface area contributed by atoms with Gasteiger partial charge in [0.05, 0.1) is 12.4 Å². The fourth-order valence-corrected chi connectivity index (χ4v) is 2.49. The zero-order valence-corrected chi connectivity index (χ0v) is 12.1. The van der Waals surface area contributed by atoms with Gasteiger partial charge in [-0.1, -0.05) is 12.5 Å². The number of rotatable bonds is 5. The number of hydrogen-bond donors (Lipinski definition) is 0. The number of pyridine rings is 1. The molecule has 110 valence electrons. The Bertz CT molecular complexity index is 538. The van der Waals surface area contributed by atoms with Gasteiger partial charge in [0.1, 0.15) is 12.3 Å². The van der Waals surface area contributed by atoms with Crippen molar-refractivity contribution in [3.8, 4) is 17.3 Å². The minimum Gasteiger partial charge on any atom is -0.489 e. The van der Waals surface area contributed by atoms with E-state index in [0.717, 1.165) is 12.2 Å². The molecule has 3 rings (SSSR count). The Hall–Kier alpha value is -2.01. The lowest BCUT2D eigenvalue weighted by Crippen LogP contribution is -2.33. The second kappa shape index (κ2) is 7.13. The Kier molecular flexibility index (Phi) is 4.74. The summed E-state index contributed by atoms with van der Waals surface area (Å²) in [5.41, 5.74) is 0.775. The second-order valence-electron chi connectivity index (χ2n) is 5.21. The number of likely N-dealkylation sites (tertiary alicyclic amines) is 1. The van der Waals surface area contributed by atoms with Gasteiger partial charge in [-0.25, -0.2) is 9.97 Å². The molecule has 2 aromatic rings. The van der Waals surface area contributed by atoms with Crippen LogP contribution >= 0.6 is 0 Å². The Morgan fingerprint density at radius 3 is 2.52 bits per heavy atom. The molecule has 3 heterocycles. The van der Waals surface area contributed by atoms with E-state index in [1.165, 1.54) is 32.4 Å². The summed E-state index contributed by atoms with van der Waals surface area (Å²) in [5.74, 6) is 1.34. The molecule has 2 aromatic heterocycles. The number of hydrogen-bond acceptors (Lipinski definition) is 5. The number of piperidine rings is 1. The van der Waals surface area contributed by atoms with E-state index in [1.54, 1.807) is 18.6 Å². The van der Waals surface area contributed by atoms with Gasteiger partial charge < -0.3 is 4.74 Å². The van der Waals surface area contributed by atoms with Gasteiger partial charge in [-0.15, -0.1) is 0 Å². The molecule has 0 atom stereocenters. The number of aromatic nitrogens is 3. The highest BCUT2D eigenvalue weighted by Gasteiger charge is 2.09. The first-order chi connectivity index (χ1) is 10.4. The Morgan fingerprint density at radius 1 is 1.00 bits per heavy atom. The molecule has 0 bridgehead atoms. The van der Waals surface area contributed by atoms with E-state index in [-0.39, 0.29) is 0 Å². The molecule has 5 nitrogen and oxygen atoms in total. The molecule has 1 fully saturated rings. The molecule has 0 N–H and O–H groups in total. The van der Waals surface area contributed by atoms with Crippen LogP contribution in [0.3, 0.4) is 0 Å². The SMILES string of the molecule is c1ccc(-c2ncc(OCCN3CCCCC3)cn2)nc1. The standard InChI is InChI=1S/C16H20N4O/c1-4-8-20(9-5-1)10-11-21-14-12-18-16(19-13-14)15-6-2-3-7-17-15/h2-3,6-7,12-13H,1,4-5,8-11H2. The van der Waals surface area contributed by atoms with Crippen molar-refractivity contribution in [2.45, 2.75) is 19.3 Å². The van der Waals surface area contributed by atoms with Crippen molar-refractivity contribution in [1.29, 1.82) is 0 Å². The van der Waals surface area contributed by atoms with E-state index in [2.05, 4.69) is 19.9 Å². The Labute approximate surface area is 125 Å². The second-order valence-corrected chi connectivity index (χ2v) is 5.21. The molecule has 0 aromatic carbocycles. The number of nitrogens with zero attached hydrogens (tertiary/aromatic N) is 4. The molecule has 0 aliphatic carbocycles. The largest absolute Gasteiger partial charge is 0.489 e. The summed E-state index contributed by atoms with van der Waals surface area (Å²) in [4.78, 5) is 15.3. The summed E-state index contributed by atoms with van der Waals surface area (Å²) in [6, 6.07) is 5.70. The summed E-state index contributed by atoms with van der Waals surface area (Å²) in [7, 11) is 0. The van der Waals surface area contributed by atoms with E-state index < -0.39 is 0 Å². The van der Waals surface area contributed by atoms with Crippen LogP contribution in [0.1, 0.15) is 19.3 Å². The van der Waals surface area contributed by atoms with Gasteiger partial charge in [-0.05, 0) is 38.1 Å². The van der Waals surface area contributed by atoms with E-state index in [1.807, 2.05) is 18.2 Å². The summed E-state index contributed by atoms with van der Waals surface area (Å²) in [5, 5.41) is 0. The Morgan fingerprint density at radius 2 is 1.81 bits per heavy atom. The summed E-state index contributed by atoms with van der Waals surface area (Å²) < 4.78 is 5.71. The van der Waals surface area contributed by atoms with E-state index in [4.69, 9.17) is 4.74 Å². The van der Waals surface area contributed by atoms with Crippen LogP contribution in [0.15, 0.2) is 36.8 Å². The fraction of sp³-hybridized carbons (Fsp3) is 0.438. The molecule has 5 heteroatoms. The van der Waals surface area contributed by atoms with Crippen molar-refractivity contribution in [2.75, 3.05) is 26.2 Å². The van der Waals surface area contributed by atoms with Crippen LogP contribution < -0.4 is 4.74 Å². The Balaban J connectivity index is 1.50. The van der Waals surface area contributed by atoms with Crippen molar-refractivity contribution in [3.05, 3.63) is 36.8 Å². The fourth-order valence-electron chi connectivity index (χ4n) is 2.49. The minimum atomic E-state index is 0.624. The smallest absolute Gasteiger partial charge is 0.178 e. The third kappa shape index (κ3) is 3.98. The molecular formula is C16H20N4O. The lowest BCUT2D eigenvalue weighted by molar-refractivity contribution is 0.183. The van der Waals surface area contributed by atoms with Crippen LogP contribution in [-0.4, -0.2) is 46.1 Å². The predicted octanol–water partition coefficient (Wildman–Crippen LogP) is 2.40. The average Bonchev–Trinajstić information content (AvgIpc) is 2.57. The third-order valence-electron chi connectivity index (χ3n) is 3.65. The molecule has 21 heavy (non-hydrogen) atoms. The summed E-state index contributed by atoms with van der Waals surface area (Å²) in [6.45, 7) is 4.05. The molecule has 0 saturated carbocycles. The first kappa shape index (κ1) is 13.9. The molecule has 0 unspecified atom stereocenters.